The van der Waals surface area contributed by atoms with Gasteiger partial charge in [0.1, 0.15) is 0 Å². The van der Waals surface area contributed by atoms with Crippen LogP contribution in [0.15, 0.2) is 0 Å². The quantitative estimate of drug-likeness (QED) is 0.467. The van der Waals surface area contributed by atoms with Gasteiger partial charge in [-0.25, -0.2) is 0 Å². The molecule has 1 heterocycles. The van der Waals surface area contributed by atoms with E-state index in [1.165, 1.54) is 0 Å². The van der Waals surface area contributed by atoms with Crippen molar-refractivity contribution < 1.29 is 5.11 Å². The van der Waals surface area contributed by atoms with Gasteiger partial charge in [0.25, 0.3) is 0 Å². The molecule has 0 aromatic heterocycles. The molecule has 0 spiro atoms. The molecule has 15 heavy (non-hydrogen) atoms. The molecule has 1 atom stereocenters. The average Bonchev–Trinajstić information content (AvgIpc) is 2.26. The Bertz CT molecular complexity index is 200. The van der Waals surface area contributed by atoms with Crippen LogP contribution in [0.4, 0.5) is 0 Å². The summed E-state index contributed by atoms with van der Waals surface area (Å²) in [5.41, 5.74) is 5.45. The Kier molecular flexibility index (Phi) is 5.05. The Labute approximate surface area is 92.0 Å². The Hall–Kier alpha value is -0.610. The van der Waals surface area contributed by atoms with Crippen molar-refractivity contribution in [2.45, 2.75) is 38.6 Å². The van der Waals surface area contributed by atoms with Crippen LogP contribution in [0.5, 0.6) is 0 Å². The van der Waals surface area contributed by atoms with Gasteiger partial charge >= 0.3 is 0 Å². The Morgan fingerprint density at radius 1 is 1.53 bits per heavy atom. The van der Waals surface area contributed by atoms with E-state index in [0.717, 1.165) is 32.4 Å². The highest BCUT2D eigenvalue weighted by molar-refractivity contribution is 5.77. The van der Waals surface area contributed by atoms with Crippen molar-refractivity contribution in [3.05, 3.63) is 0 Å². The van der Waals surface area contributed by atoms with Crippen LogP contribution in [-0.2, 0) is 0 Å². The highest BCUT2D eigenvalue weighted by atomic mass is 16.3. The Balaban J connectivity index is 2.39. The summed E-state index contributed by atoms with van der Waals surface area (Å²) >= 11 is 0. The maximum Gasteiger partial charge on any atom is 0.0921 e. The molecule has 0 amide bonds. The number of nitrogens with two attached hydrogens (primary N) is 1. The Morgan fingerprint density at radius 3 is 2.53 bits per heavy atom. The van der Waals surface area contributed by atoms with Gasteiger partial charge in [-0.2, -0.15) is 0 Å². The van der Waals surface area contributed by atoms with E-state index in [-0.39, 0.29) is 5.84 Å². The first kappa shape index (κ1) is 12.5. The second-order valence-electron chi connectivity index (χ2n) is 4.45. The molecule has 0 aromatic rings. The SMILES string of the molecule is CCC(CC(=N)N)N1CCC(CO)CC1. The van der Waals surface area contributed by atoms with Crippen LogP contribution >= 0.6 is 0 Å². The molecular formula is C11H23N3O. The minimum atomic E-state index is 0.283. The van der Waals surface area contributed by atoms with E-state index in [4.69, 9.17) is 16.2 Å². The number of hydrogen-bond donors (Lipinski definition) is 3. The van der Waals surface area contributed by atoms with Gasteiger partial charge in [0.05, 0.1) is 5.84 Å². The molecule has 1 saturated heterocycles. The van der Waals surface area contributed by atoms with E-state index in [9.17, 15) is 0 Å². The number of rotatable bonds is 5. The summed E-state index contributed by atoms with van der Waals surface area (Å²) < 4.78 is 0. The molecule has 0 aromatic carbocycles. The lowest BCUT2D eigenvalue weighted by Crippen LogP contribution is -2.43. The van der Waals surface area contributed by atoms with Crippen molar-refractivity contribution in [1.82, 2.24) is 4.90 Å². The lowest BCUT2D eigenvalue weighted by atomic mass is 9.95. The topological polar surface area (TPSA) is 73.3 Å². The van der Waals surface area contributed by atoms with E-state index in [0.29, 0.717) is 25.0 Å². The summed E-state index contributed by atoms with van der Waals surface area (Å²) in [4.78, 5) is 2.41. The average molecular weight is 213 g/mol. The molecule has 1 rings (SSSR count). The van der Waals surface area contributed by atoms with Gasteiger partial charge in [0, 0.05) is 19.1 Å². The third-order valence-electron chi connectivity index (χ3n) is 3.35. The van der Waals surface area contributed by atoms with Crippen LogP contribution in [0.2, 0.25) is 0 Å². The van der Waals surface area contributed by atoms with Crippen LogP contribution in [-0.4, -0.2) is 41.6 Å². The number of hydrogen-bond acceptors (Lipinski definition) is 3. The van der Waals surface area contributed by atoms with E-state index >= 15 is 0 Å². The summed E-state index contributed by atoms with van der Waals surface area (Å²) in [6.07, 6.45) is 3.87. The predicted molar refractivity (Wildman–Crippen MR) is 62.0 cm³/mol. The van der Waals surface area contributed by atoms with Gasteiger partial charge in [-0.15, -0.1) is 0 Å². The number of aliphatic hydroxyl groups excluding tert-OH is 1. The number of nitrogens with one attached hydrogen (secondary N) is 1. The van der Waals surface area contributed by atoms with Gasteiger partial charge in [-0.1, -0.05) is 6.92 Å². The van der Waals surface area contributed by atoms with Crippen molar-refractivity contribution >= 4 is 5.84 Å². The van der Waals surface area contributed by atoms with E-state index in [2.05, 4.69) is 11.8 Å². The maximum absolute atomic E-state index is 9.05. The molecule has 0 bridgehead atoms. The third kappa shape index (κ3) is 3.80. The van der Waals surface area contributed by atoms with Crippen LogP contribution in [0.1, 0.15) is 32.6 Å². The van der Waals surface area contributed by atoms with Crippen LogP contribution in [0.3, 0.4) is 0 Å². The fourth-order valence-electron chi connectivity index (χ4n) is 2.29. The second kappa shape index (κ2) is 6.08. The van der Waals surface area contributed by atoms with Crippen molar-refractivity contribution in [3.63, 3.8) is 0 Å². The normalized spacial score (nSPS) is 21.5. The van der Waals surface area contributed by atoms with E-state index in [1.807, 2.05) is 0 Å². The molecule has 4 heteroatoms. The molecule has 4 N–H and O–H groups in total. The summed E-state index contributed by atoms with van der Waals surface area (Å²) in [6, 6.07) is 0.419. The second-order valence-corrected chi connectivity index (χ2v) is 4.45. The zero-order valence-electron chi connectivity index (χ0n) is 9.58. The third-order valence-corrected chi connectivity index (χ3v) is 3.35. The van der Waals surface area contributed by atoms with Crippen LogP contribution in [0, 0.1) is 11.3 Å². The first-order valence-corrected chi connectivity index (χ1v) is 5.85. The van der Waals surface area contributed by atoms with E-state index < -0.39 is 0 Å². The molecule has 1 fully saturated rings. The first-order chi connectivity index (χ1) is 7.17. The molecule has 1 aliphatic heterocycles. The number of aliphatic hydroxyl groups is 1. The van der Waals surface area contributed by atoms with Crippen LogP contribution < -0.4 is 5.73 Å². The van der Waals surface area contributed by atoms with Gasteiger partial charge < -0.3 is 10.8 Å². The number of likely N-dealkylation sites (tertiary alicyclic amines) is 1. The van der Waals surface area contributed by atoms with Gasteiger partial charge in [0.2, 0.25) is 0 Å². The summed E-state index contributed by atoms with van der Waals surface area (Å²) in [6.45, 7) is 4.54. The van der Waals surface area contributed by atoms with Crippen molar-refractivity contribution in [2.75, 3.05) is 19.7 Å². The zero-order valence-corrected chi connectivity index (χ0v) is 9.58. The lowest BCUT2D eigenvalue weighted by molar-refractivity contribution is 0.100. The monoisotopic (exact) mass is 213 g/mol. The molecule has 0 saturated carbocycles. The lowest BCUT2D eigenvalue weighted by Gasteiger charge is -2.36. The standard InChI is InChI=1S/C11H23N3O/c1-2-10(7-11(12)13)14-5-3-9(8-15)4-6-14/h9-10,15H,2-8H2,1H3,(H3,12,13). The number of amidine groups is 1. The number of nitrogens with zero attached hydrogens (tertiary/aromatic N) is 1. The first-order valence-electron chi connectivity index (χ1n) is 5.85. The van der Waals surface area contributed by atoms with Gasteiger partial charge in [0.15, 0.2) is 0 Å². The van der Waals surface area contributed by atoms with Gasteiger partial charge in [-0.05, 0) is 38.3 Å². The molecule has 0 aliphatic carbocycles. The van der Waals surface area contributed by atoms with Gasteiger partial charge in [-0.3, -0.25) is 10.3 Å². The summed E-state index contributed by atoms with van der Waals surface area (Å²) in [5.74, 6) is 0.766. The summed E-state index contributed by atoms with van der Waals surface area (Å²) in [7, 11) is 0. The summed E-state index contributed by atoms with van der Waals surface area (Å²) in [5, 5.41) is 16.4. The Morgan fingerprint density at radius 2 is 2.13 bits per heavy atom. The fourth-order valence-corrected chi connectivity index (χ4v) is 2.29. The highest BCUT2D eigenvalue weighted by Gasteiger charge is 2.23. The van der Waals surface area contributed by atoms with E-state index in [1.54, 1.807) is 0 Å². The minimum absolute atomic E-state index is 0.283. The van der Waals surface area contributed by atoms with Crippen molar-refractivity contribution in [1.29, 1.82) is 5.41 Å². The minimum Gasteiger partial charge on any atom is -0.396 e. The smallest absolute Gasteiger partial charge is 0.0921 e. The van der Waals surface area contributed by atoms with Crippen molar-refractivity contribution in [3.8, 4) is 0 Å². The fraction of sp³-hybridized carbons (Fsp3) is 0.909. The van der Waals surface area contributed by atoms with Crippen molar-refractivity contribution in [2.24, 2.45) is 11.7 Å². The molecule has 88 valence electrons. The molecular weight excluding hydrogens is 190 g/mol. The predicted octanol–water partition coefficient (Wildman–Crippen LogP) is 0.795. The largest absolute Gasteiger partial charge is 0.396 e. The maximum atomic E-state index is 9.05. The molecule has 1 aliphatic rings. The number of piperidine rings is 1. The molecule has 1 unspecified atom stereocenters. The highest BCUT2D eigenvalue weighted by Crippen LogP contribution is 2.20. The van der Waals surface area contributed by atoms with Crippen LogP contribution in [0.25, 0.3) is 0 Å². The molecule has 0 radical (unpaired) electrons. The zero-order chi connectivity index (χ0) is 11.3. The molecule has 4 nitrogen and oxygen atoms in total.